The molecule has 1 fully saturated rings. The molecular weight excluding hydrogens is 420 g/mol. The number of nitrogens with zero attached hydrogens (tertiary/aromatic N) is 7. The van der Waals surface area contributed by atoms with Crippen LogP contribution in [0.5, 0.6) is 5.75 Å². The predicted octanol–water partition coefficient (Wildman–Crippen LogP) is 3.65. The molecule has 1 aliphatic heterocycles. The Bertz CT molecular complexity index is 1490. The van der Waals surface area contributed by atoms with Crippen molar-refractivity contribution < 1.29 is 9.52 Å². The Morgan fingerprint density at radius 2 is 2.24 bits per heavy atom. The lowest BCUT2D eigenvalue weighted by Crippen LogP contribution is -2.25. The largest absolute Gasteiger partial charge is 0.506 e. The minimum atomic E-state index is -0.0879. The van der Waals surface area contributed by atoms with Gasteiger partial charge in [-0.3, -0.25) is 4.68 Å². The van der Waals surface area contributed by atoms with E-state index in [-0.39, 0.29) is 17.7 Å². The van der Waals surface area contributed by atoms with Gasteiger partial charge in [0, 0.05) is 42.4 Å². The fourth-order valence-corrected chi connectivity index (χ4v) is 4.65. The van der Waals surface area contributed by atoms with Crippen LogP contribution in [0.2, 0.25) is 0 Å². The lowest BCUT2D eigenvalue weighted by molar-refractivity contribution is 0.331. The molecule has 0 amide bonds. The van der Waals surface area contributed by atoms with Crippen LogP contribution in [0, 0.1) is 17.2 Å². The molecule has 1 aromatic carbocycles. The molecule has 164 valence electrons. The molecular formula is C23H20N8O2. The number of oxazole rings is 1. The van der Waals surface area contributed by atoms with Gasteiger partial charge in [0.2, 0.25) is 0 Å². The zero-order valence-corrected chi connectivity index (χ0v) is 17.6. The van der Waals surface area contributed by atoms with Gasteiger partial charge in [-0.1, -0.05) is 6.07 Å². The number of aromatic nitrogens is 6. The predicted molar refractivity (Wildman–Crippen MR) is 120 cm³/mol. The Kier molecular flexibility index (Phi) is 4.47. The maximum absolute atomic E-state index is 10.0. The lowest BCUT2D eigenvalue weighted by Gasteiger charge is -2.22. The molecule has 4 aromatic heterocycles. The third-order valence-corrected chi connectivity index (χ3v) is 6.29. The SMILES string of the molecule is N#CCC(C1CCN(c2nc3c(O)cccc3o2)C1)n1cc(-c2ncnc3[nH]ccc23)cn1. The summed E-state index contributed by atoms with van der Waals surface area (Å²) in [7, 11) is 0. The number of para-hydroxylation sites is 1. The highest BCUT2D eigenvalue weighted by Crippen LogP contribution is 2.36. The van der Waals surface area contributed by atoms with E-state index in [2.05, 4.69) is 36.0 Å². The lowest BCUT2D eigenvalue weighted by atomic mass is 9.96. The van der Waals surface area contributed by atoms with Crippen LogP contribution in [0.15, 0.2) is 53.6 Å². The van der Waals surface area contributed by atoms with Crippen molar-refractivity contribution in [2.75, 3.05) is 18.0 Å². The number of aromatic hydroxyl groups is 1. The third-order valence-electron chi connectivity index (χ3n) is 6.29. The van der Waals surface area contributed by atoms with E-state index in [9.17, 15) is 10.4 Å². The van der Waals surface area contributed by atoms with Crippen LogP contribution in [0.4, 0.5) is 6.01 Å². The van der Waals surface area contributed by atoms with Crippen LogP contribution >= 0.6 is 0 Å². The topological polar surface area (TPSA) is 133 Å². The fourth-order valence-electron chi connectivity index (χ4n) is 4.65. The summed E-state index contributed by atoms with van der Waals surface area (Å²) in [5.74, 6) is 0.296. The maximum atomic E-state index is 10.0. The van der Waals surface area contributed by atoms with Crippen molar-refractivity contribution in [2.24, 2.45) is 5.92 Å². The summed E-state index contributed by atoms with van der Waals surface area (Å²) in [6.07, 6.45) is 8.33. The second kappa shape index (κ2) is 7.63. The average Bonchev–Trinajstić information content (AvgIpc) is 3.62. The molecule has 10 heteroatoms. The highest BCUT2D eigenvalue weighted by atomic mass is 16.4. The van der Waals surface area contributed by atoms with Crippen LogP contribution in [0.3, 0.4) is 0 Å². The number of hydrogen-bond donors (Lipinski definition) is 2. The van der Waals surface area contributed by atoms with Gasteiger partial charge in [-0.25, -0.2) is 9.97 Å². The molecule has 0 saturated carbocycles. The molecule has 2 unspecified atom stereocenters. The quantitative estimate of drug-likeness (QED) is 0.423. The van der Waals surface area contributed by atoms with Crippen molar-refractivity contribution in [3.8, 4) is 23.1 Å². The minimum Gasteiger partial charge on any atom is -0.506 e. The molecule has 5 aromatic rings. The van der Waals surface area contributed by atoms with Gasteiger partial charge >= 0.3 is 0 Å². The second-order valence-corrected chi connectivity index (χ2v) is 8.22. The average molecular weight is 440 g/mol. The van der Waals surface area contributed by atoms with Crippen molar-refractivity contribution in [1.82, 2.24) is 29.7 Å². The number of H-pyrrole nitrogens is 1. The first kappa shape index (κ1) is 19.3. The summed E-state index contributed by atoms with van der Waals surface area (Å²) in [4.78, 5) is 18.3. The summed E-state index contributed by atoms with van der Waals surface area (Å²) in [6, 6.07) is 9.78. The molecule has 0 radical (unpaired) electrons. The Balaban J connectivity index is 1.27. The molecule has 2 N–H and O–H groups in total. The highest BCUT2D eigenvalue weighted by Gasteiger charge is 2.33. The van der Waals surface area contributed by atoms with E-state index in [4.69, 9.17) is 4.42 Å². The first-order valence-electron chi connectivity index (χ1n) is 10.7. The monoisotopic (exact) mass is 440 g/mol. The summed E-state index contributed by atoms with van der Waals surface area (Å²) in [6.45, 7) is 1.44. The van der Waals surface area contributed by atoms with Gasteiger partial charge in [0.05, 0.1) is 30.4 Å². The van der Waals surface area contributed by atoms with Crippen molar-refractivity contribution in [2.45, 2.75) is 18.9 Å². The molecule has 6 rings (SSSR count). The number of phenolic OH excluding ortho intramolecular Hbond substituents is 1. The van der Waals surface area contributed by atoms with Gasteiger partial charge in [0.15, 0.2) is 11.1 Å². The first-order chi connectivity index (χ1) is 16.2. The van der Waals surface area contributed by atoms with E-state index < -0.39 is 0 Å². The Morgan fingerprint density at radius 1 is 1.30 bits per heavy atom. The molecule has 0 aliphatic carbocycles. The van der Waals surface area contributed by atoms with Gasteiger partial charge in [0.1, 0.15) is 17.7 Å². The van der Waals surface area contributed by atoms with Crippen molar-refractivity contribution >= 4 is 28.1 Å². The van der Waals surface area contributed by atoms with Crippen LogP contribution in [-0.4, -0.2) is 47.9 Å². The molecule has 2 atom stereocenters. The van der Waals surface area contributed by atoms with Crippen molar-refractivity contribution in [1.29, 1.82) is 5.26 Å². The fraction of sp³-hybridized carbons (Fsp3) is 0.261. The smallest absolute Gasteiger partial charge is 0.298 e. The van der Waals surface area contributed by atoms with Crippen LogP contribution < -0.4 is 4.90 Å². The maximum Gasteiger partial charge on any atom is 0.298 e. The van der Waals surface area contributed by atoms with Gasteiger partial charge in [-0.05, 0) is 24.6 Å². The van der Waals surface area contributed by atoms with Crippen LogP contribution in [0.25, 0.3) is 33.4 Å². The molecule has 10 nitrogen and oxygen atoms in total. The van der Waals surface area contributed by atoms with E-state index >= 15 is 0 Å². The van der Waals surface area contributed by atoms with Gasteiger partial charge in [0.25, 0.3) is 6.01 Å². The number of benzene rings is 1. The van der Waals surface area contributed by atoms with Gasteiger partial charge in [-0.2, -0.15) is 15.3 Å². The minimum absolute atomic E-state index is 0.0879. The van der Waals surface area contributed by atoms with Gasteiger partial charge < -0.3 is 19.4 Å². The van der Waals surface area contributed by atoms with Crippen LogP contribution in [0.1, 0.15) is 18.9 Å². The number of fused-ring (bicyclic) bond motifs is 2. The zero-order valence-electron chi connectivity index (χ0n) is 17.6. The zero-order chi connectivity index (χ0) is 22.4. The third kappa shape index (κ3) is 3.25. The summed E-state index contributed by atoms with van der Waals surface area (Å²) >= 11 is 0. The second-order valence-electron chi connectivity index (χ2n) is 8.22. The number of anilines is 1. The molecule has 5 heterocycles. The summed E-state index contributed by atoms with van der Waals surface area (Å²) in [5.41, 5.74) is 3.48. The highest BCUT2D eigenvalue weighted by molar-refractivity contribution is 5.90. The van der Waals surface area contributed by atoms with E-state index in [1.165, 1.54) is 6.33 Å². The van der Waals surface area contributed by atoms with Gasteiger partial charge in [-0.15, -0.1) is 0 Å². The number of phenols is 1. The van der Waals surface area contributed by atoms with E-state index in [0.29, 0.717) is 30.1 Å². The van der Waals surface area contributed by atoms with E-state index in [1.54, 1.807) is 24.4 Å². The number of nitriles is 1. The Morgan fingerprint density at radius 3 is 3.12 bits per heavy atom. The molecule has 1 saturated heterocycles. The Labute approximate surface area is 188 Å². The first-order valence-corrected chi connectivity index (χ1v) is 10.7. The van der Waals surface area contributed by atoms with E-state index in [1.807, 2.05) is 23.1 Å². The van der Waals surface area contributed by atoms with E-state index in [0.717, 1.165) is 35.3 Å². The number of rotatable bonds is 5. The molecule has 1 aliphatic rings. The number of aromatic amines is 1. The molecule has 0 spiro atoms. The molecule has 0 bridgehead atoms. The molecule has 33 heavy (non-hydrogen) atoms. The van der Waals surface area contributed by atoms with Crippen molar-refractivity contribution in [3.63, 3.8) is 0 Å². The van der Waals surface area contributed by atoms with Crippen LogP contribution in [-0.2, 0) is 0 Å². The standard InChI is InChI=1S/C23H20N8O2/c24-7-4-17(31-12-15(10-28-31)20-16-5-8-25-22(16)27-13-26-20)14-6-9-30(11-14)23-29-21-18(32)2-1-3-19(21)33-23/h1-3,5,8,10,12-14,17,32H,4,6,9,11H2,(H,25,26,27). The number of hydrogen-bond acceptors (Lipinski definition) is 8. The summed E-state index contributed by atoms with van der Waals surface area (Å²) in [5, 5.41) is 25.1. The normalized spacial score (nSPS) is 17.1. The number of nitrogens with one attached hydrogen (secondary N) is 1. The van der Waals surface area contributed by atoms with Crippen molar-refractivity contribution in [3.05, 3.63) is 49.2 Å². The Hall–Kier alpha value is -4.39. The summed E-state index contributed by atoms with van der Waals surface area (Å²) < 4.78 is 7.75.